The first-order valence-electron chi connectivity index (χ1n) is 9.66. The predicted octanol–water partition coefficient (Wildman–Crippen LogP) is 1.57. The topological polar surface area (TPSA) is 152 Å². The molecular formula is C19H24N4O7S. The SMILES string of the molecule is Cc1nc(S(=O)(=O)CCO)ccc1Oc1ncnc(OC2CCN(C(=O)O)CC2)c1C. The minimum atomic E-state index is -3.67. The molecule has 2 N–H and O–H groups in total. The Kier molecular flexibility index (Phi) is 6.91. The zero-order valence-corrected chi connectivity index (χ0v) is 18.0. The van der Waals surface area contributed by atoms with Crippen molar-refractivity contribution in [2.45, 2.75) is 37.8 Å². The molecule has 0 unspecified atom stereocenters. The molecule has 11 nitrogen and oxygen atoms in total. The number of aliphatic hydroxyl groups is 1. The van der Waals surface area contributed by atoms with Crippen LogP contribution in [0.1, 0.15) is 24.1 Å². The summed E-state index contributed by atoms with van der Waals surface area (Å²) in [6, 6.07) is 2.80. The molecule has 0 radical (unpaired) electrons. The standard InChI is InChI=1S/C19H24N4O7S/c1-12-17(29-14-5-7-23(8-6-14)19(25)26)20-11-21-18(12)30-15-3-4-16(22-13(15)2)31(27,28)10-9-24/h3-4,11,14,24H,5-10H2,1-2H3,(H,25,26). The molecule has 0 bridgehead atoms. The number of aromatic nitrogens is 3. The number of likely N-dealkylation sites (tertiary alicyclic amines) is 1. The summed E-state index contributed by atoms with van der Waals surface area (Å²) >= 11 is 0. The van der Waals surface area contributed by atoms with Gasteiger partial charge in [-0.05, 0) is 26.0 Å². The first-order valence-corrected chi connectivity index (χ1v) is 11.3. The van der Waals surface area contributed by atoms with Gasteiger partial charge >= 0.3 is 6.09 Å². The number of amides is 1. The Bertz CT molecular complexity index is 1050. The van der Waals surface area contributed by atoms with Crippen LogP contribution in [-0.2, 0) is 9.84 Å². The first kappa shape index (κ1) is 22.7. The largest absolute Gasteiger partial charge is 0.474 e. The maximum atomic E-state index is 12.1. The fourth-order valence-electron chi connectivity index (χ4n) is 3.10. The number of hydrogen-bond acceptors (Lipinski definition) is 9. The Morgan fingerprint density at radius 1 is 1.19 bits per heavy atom. The lowest BCUT2D eigenvalue weighted by Crippen LogP contribution is -2.41. The number of nitrogens with zero attached hydrogens (tertiary/aromatic N) is 4. The van der Waals surface area contributed by atoms with Crippen LogP contribution >= 0.6 is 0 Å². The van der Waals surface area contributed by atoms with Crippen LogP contribution in [0.25, 0.3) is 0 Å². The minimum absolute atomic E-state index is 0.137. The molecule has 0 aliphatic carbocycles. The van der Waals surface area contributed by atoms with Crippen LogP contribution in [0.3, 0.4) is 0 Å². The second kappa shape index (κ2) is 9.43. The summed E-state index contributed by atoms with van der Waals surface area (Å²) < 4.78 is 35.9. The van der Waals surface area contributed by atoms with Crippen molar-refractivity contribution in [2.24, 2.45) is 0 Å². The van der Waals surface area contributed by atoms with Gasteiger partial charge in [0.15, 0.2) is 20.6 Å². The van der Waals surface area contributed by atoms with Gasteiger partial charge in [0.1, 0.15) is 12.4 Å². The van der Waals surface area contributed by atoms with Crippen molar-refractivity contribution in [1.29, 1.82) is 0 Å². The Morgan fingerprint density at radius 3 is 2.48 bits per heavy atom. The summed E-state index contributed by atoms with van der Waals surface area (Å²) in [4.78, 5) is 24.7. The van der Waals surface area contributed by atoms with E-state index in [-0.39, 0.29) is 17.0 Å². The number of carbonyl (C=O) groups is 1. The lowest BCUT2D eigenvalue weighted by molar-refractivity contribution is 0.0864. The van der Waals surface area contributed by atoms with Crippen LogP contribution in [0.4, 0.5) is 4.79 Å². The molecule has 1 amide bonds. The zero-order chi connectivity index (χ0) is 22.6. The van der Waals surface area contributed by atoms with Crippen LogP contribution in [0.15, 0.2) is 23.5 Å². The maximum absolute atomic E-state index is 12.1. The van der Waals surface area contributed by atoms with Crippen LogP contribution in [0.5, 0.6) is 17.5 Å². The van der Waals surface area contributed by atoms with Crippen LogP contribution < -0.4 is 9.47 Å². The van der Waals surface area contributed by atoms with Crippen molar-refractivity contribution >= 4 is 15.9 Å². The smallest absolute Gasteiger partial charge is 0.407 e. The van der Waals surface area contributed by atoms with Crippen LogP contribution in [0, 0.1) is 13.8 Å². The molecule has 3 heterocycles. The van der Waals surface area contributed by atoms with Crippen molar-refractivity contribution in [3.05, 3.63) is 29.7 Å². The molecule has 0 atom stereocenters. The first-order chi connectivity index (χ1) is 14.7. The quantitative estimate of drug-likeness (QED) is 0.633. The third-order valence-corrected chi connectivity index (χ3v) is 6.46. The summed E-state index contributed by atoms with van der Waals surface area (Å²) in [5.74, 6) is 0.498. The number of hydrogen-bond donors (Lipinski definition) is 2. The highest BCUT2D eigenvalue weighted by Gasteiger charge is 2.25. The number of sulfone groups is 1. The zero-order valence-electron chi connectivity index (χ0n) is 17.2. The molecule has 1 saturated heterocycles. The molecule has 2 aromatic rings. The van der Waals surface area contributed by atoms with E-state index in [1.807, 2.05) is 0 Å². The molecule has 0 saturated carbocycles. The normalized spacial score (nSPS) is 15.0. The molecule has 1 aliphatic heterocycles. The Hall–Kier alpha value is -2.99. The van der Waals surface area contributed by atoms with Gasteiger partial charge < -0.3 is 24.6 Å². The molecule has 168 valence electrons. The number of pyridine rings is 1. The number of rotatable bonds is 7. The van der Waals surface area contributed by atoms with Crippen molar-refractivity contribution in [2.75, 3.05) is 25.4 Å². The van der Waals surface area contributed by atoms with E-state index >= 15 is 0 Å². The van der Waals surface area contributed by atoms with Gasteiger partial charge in [-0.1, -0.05) is 0 Å². The lowest BCUT2D eigenvalue weighted by Gasteiger charge is -2.30. The van der Waals surface area contributed by atoms with Crippen LogP contribution in [0.2, 0.25) is 0 Å². The van der Waals surface area contributed by atoms with E-state index < -0.39 is 28.3 Å². The second-order valence-corrected chi connectivity index (χ2v) is 9.13. The molecular weight excluding hydrogens is 428 g/mol. The van der Waals surface area contributed by atoms with E-state index in [0.29, 0.717) is 48.8 Å². The van der Waals surface area contributed by atoms with E-state index in [4.69, 9.17) is 19.7 Å². The molecule has 0 spiro atoms. The monoisotopic (exact) mass is 452 g/mol. The number of carboxylic acid groups (broad SMARTS) is 1. The number of ether oxygens (including phenoxy) is 2. The van der Waals surface area contributed by atoms with Crippen molar-refractivity contribution in [1.82, 2.24) is 19.9 Å². The molecule has 1 fully saturated rings. The average Bonchev–Trinajstić information content (AvgIpc) is 2.72. The summed E-state index contributed by atoms with van der Waals surface area (Å²) in [7, 11) is -3.67. The van der Waals surface area contributed by atoms with Gasteiger partial charge in [0, 0.05) is 25.9 Å². The van der Waals surface area contributed by atoms with Crippen LogP contribution in [-0.4, -0.2) is 76.1 Å². The molecule has 31 heavy (non-hydrogen) atoms. The van der Waals surface area contributed by atoms with E-state index in [0.717, 1.165) is 0 Å². The Morgan fingerprint density at radius 2 is 1.87 bits per heavy atom. The Balaban J connectivity index is 1.73. The number of piperidine rings is 1. The van der Waals surface area contributed by atoms with Gasteiger partial charge in [-0.25, -0.2) is 28.2 Å². The van der Waals surface area contributed by atoms with Gasteiger partial charge in [-0.2, -0.15) is 0 Å². The molecule has 2 aromatic heterocycles. The highest BCUT2D eigenvalue weighted by atomic mass is 32.2. The molecule has 0 aromatic carbocycles. The summed E-state index contributed by atoms with van der Waals surface area (Å²) in [5.41, 5.74) is 0.903. The van der Waals surface area contributed by atoms with Gasteiger partial charge in [0.2, 0.25) is 11.8 Å². The van der Waals surface area contributed by atoms with Crippen molar-refractivity contribution in [3.8, 4) is 17.5 Å². The minimum Gasteiger partial charge on any atom is -0.474 e. The van der Waals surface area contributed by atoms with Crippen molar-refractivity contribution < 1.29 is 32.9 Å². The lowest BCUT2D eigenvalue weighted by atomic mass is 10.1. The average molecular weight is 452 g/mol. The fraction of sp³-hybridized carbons (Fsp3) is 0.474. The highest BCUT2D eigenvalue weighted by Crippen LogP contribution is 2.30. The van der Waals surface area contributed by atoms with E-state index in [2.05, 4.69) is 15.0 Å². The van der Waals surface area contributed by atoms with E-state index in [9.17, 15) is 13.2 Å². The predicted molar refractivity (Wildman–Crippen MR) is 108 cm³/mol. The summed E-state index contributed by atoms with van der Waals surface area (Å²) in [5, 5.41) is 17.8. The molecule has 12 heteroatoms. The number of aliphatic hydroxyl groups excluding tert-OH is 1. The molecule has 3 rings (SSSR count). The maximum Gasteiger partial charge on any atom is 0.407 e. The highest BCUT2D eigenvalue weighted by molar-refractivity contribution is 7.91. The van der Waals surface area contributed by atoms with E-state index in [1.165, 1.54) is 23.4 Å². The second-order valence-electron chi connectivity index (χ2n) is 7.07. The third kappa shape index (κ3) is 5.39. The van der Waals surface area contributed by atoms with Gasteiger partial charge in [-0.3, -0.25) is 0 Å². The van der Waals surface area contributed by atoms with E-state index in [1.54, 1.807) is 13.8 Å². The Labute approximate surface area is 179 Å². The third-order valence-electron chi connectivity index (χ3n) is 4.88. The number of aryl methyl sites for hydroxylation is 1. The fourth-order valence-corrected chi connectivity index (χ4v) is 4.10. The van der Waals surface area contributed by atoms with Gasteiger partial charge in [0.25, 0.3) is 0 Å². The summed E-state index contributed by atoms with van der Waals surface area (Å²) in [6.45, 7) is 3.64. The van der Waals surface area contributed by atoms with Crippen molar-refractivity contribution in [3.63, 3.8) is 0 Å². The summed E-state index contributed by atoms with van der Waals surface area (Å²) in [6.07, 6.45) is 1.30. The van der Waals surface area contributed by atoms with Gasteiger partial charge in [0.05, 0.1) is 23.6 Å². The van der Waals surface area contributed by atoms with Gasteiger partial charge in [-0.15, -0.1) is 0 Å². The molecule has 1 aliphatic rings.